The molecule has 1 aliphatic rings. The Morgan fingerprint density at radius 1 is 1.24 bits per heavy atom. The molecule has 0 aromatic heterocycles. The number of hydrogen-bond acceptors (Lipinski definition) is 3. The summed E-state index contributed by atoms with van der Waals surface area (Å²) < 4.78 is 5.30. The van der Waals surface area contributed by atoms with Crippen LogP contribution in [0.3, 0.4) is 0 Å². The van der Waals surface area contributed by atoms with Crippen molar-refractivity contribution in [1.29, 1.82) is 0 Å². The molecule has 3 nitrogen and oxygen atoms in total. The van der Waals surface area contributed by atoms with Crippen LogP contribution in [0.4, 0.5) is 5.69 Å². The van der Waals surface area contributed by atoms with Crippen LogP contribution in [0.15, 0.2) is 36.4 Å². The highest BCUT2D eigenvalue weighted by molar-refractivity contribution is 6.34. The van der Waals surface area contributed by atoms with Gasteiger partial charge < -0.3 is 15.4 Å². The fourth-order valence-corrected chi connectivity index (χ4v) is 3.40. The van der Waals surface area contributed by atoms with E-state index in [1.54, 1.807) is 7.11 Å². The third-order valence-corrected chi connectivity index (χ3v) is 4.58. The molecule has 110 valence electrons. The largest absolute Gasteiger partial charge is 0.497 e. The van der Waals surface area contributed by atoms with Gasteiger partial charge >= 0.3 is 0 Å². The monoisotopic (exact) mass is 322 g/mol. The summed E-state index contributed by atoms with van der Waals surface area (Å²) >= 11 is 12.7. The van der Waals surface area contributed by atoms with Gasteiger partial charge in [0.2, 0.25) is 0 Å². The molecule has 0 amide bonds. The number of methoxy groups -OCH3 is 1. The molecule has 0 aliphatic carbocycles. The second kappa shape index (κ2) is 5.76. The van der Waals surface area contributed by atoms with E-state index in [0.717, 1.165) is 32.6 Å². The second-order valence-electron chi connectivity index (χ2n) is 5.00. The van der Waals surface area contributed by atoms with Gasteiger partial charge in [-0.25, -0.2) is 0 Å². The van der Waals surface area contributed by atoms with E-state index in [-0.39, 0.29) is 6.04 Å². The van der Waals surface area contributed by atoms with Crippen LogP contribution in [0, 0.1) is 0 Å². The van der Waals surface area contributed by atoms with Crippen LogP contribution in [0.25, 0.3) is 0 Å². The molecule has 1 unspecified atom stereocenters. The van der Waals surface area contributed by atoms with Gasteiger partial charge in [0.25, 0.3) is 0 Å². The predicted octanol–water partition coefficient (Wildman–Crippen LogP) is 4.02. The molecule has 21 heavy (non-hydrogen) atoms. The molecule has 2 aromatic rings. The third kappa shape index (κ3) is 2.46. The zero-order valence-electron chi connectivity index (χ0n) is 11.6. The van der Waals surface area contributed by atoms with Gasteiger partial charge in [-0.05, 0) is 29.8 Å². The Hall–Kier alpha value is -1.42. The van der Waals surface area contributed by atoms with Crippen LogP contribution in [-0.2, 0) is 6.54 Å². The molecule has 1 heterocycles. The van der Waals surface area contributed by atoms with E-state index in [1.165, 1.54) is 0 Å². The fourth-order valence-electron chi connectivity index (χ4n) is 2.87. The van der Waals surface area contributed by atoms with Crippen molar-refractivity contribution in [2.75, 3.05) is 18.6 Å². The molecule has 1 atom stereocenters. The Morgan fingerprint density at radius 3 is 2.71 bits per heavy atom. The van der Waals surface area contributed by atoms with Gasteiger partial charge in [-0.3, -0.25) is 0 Å². The Labute approximate surface area is 134 Å². The molecule has 0 saturated carbocycles. The van der Waals surface area contributed by atoms with Gasteiger partial charge in [0, 0.05) is 40.5 Å². The first-order valence-corrected chi connectivity index (χ1v) is 7.49. The Balaban J connectivity index is 2.06. The normalized spacial score (nSPS) is 17.0. The Kier molecular flexibility index (Phi) is 3.98. The van der Waals surface area contributed by atoms with Crippen molar-refractivity contribution < 1.29 is 4.74 Å². The number of fused-ring (bicyclic) bond motifs is 1. The summed E-state index contributed by atoms with van der Waals surface area (Å²) in [6.45, 7) is 1.17. The predicted molar refractivity (Wildman–Crippen MR) is 87.4 cm³/mol. The van der Waals surface area contributed by atoms with E-state index < -0.39 is 0 Å². The van der Waals surface area contributed by atoms with Crippen LogP contribution in [0.2, 0.25) is 10.0 Å². The maximum Gasteiger partial charge on any atom is 0.120 e. The van der Waals surface area contributed by atoms with E-state index in [4.69, 9.17) is 33.7 Å². The summed E-state index contributed by atoms with van der Waals surface area (Å²) in [6, 6.07) is 11.6. The van der Waals surface area contributed by atoms with E-state index in [0.29, 0.717) is 13.1 Å². The van der Waals surface area contributed by atoms with E-state index in [9.17, 15) is 0 Å². The lowest BCUT2D eigenvalue weighted by Gasteiger charge is -2.26. The summed E-state index contributed by atoms with van der Waals surface area (Å²) in [4.78, 5) is 2.21. The first-order valence-electron chi connectivity index (χ1n) is 6.73. The van der Waals surface area contributed by atoms with Crippen molar-refractivity contribution in [2.24, 2.45) is 5.73 Å². The summed E-state index contributed by atoms with van der Waals surface area (Å²) in [7, 11) is 1.66. The highest BCUT2D eigenvalue weighted by Gasteiger charge is 2.33. The minimum Gasteiger partial charge on any atom is -0.497 e. The number of nitrogens with zero attached hydrogens (tertiary/aromatic N) is 1. The fraction of sp³-hybridized carbons (Fsp3) is 0.250. The van der Waals surface area contributed by atoms with E-state index in [2.05, 4.69) is 4.90 Å². The lowest BCUT2D eigenvalue weighted by Crippen LogP contribution is -2.27. The van der Waals surface area contributed by atoms with Gasteiger partial charge in [-0.2, -0.15) is 0 Å². The summed E-state index contributed by atoms with van der Waals surface area (Å²) in [6.07, 6.45) is 0. The van der Waals surface area contributed by atoms with Crippen LogP contribution >= 0.6 is 23.2 Å². The molecule has 1 aliphatic heterocycles. The average molecular weight is 323 g/mol. The maximum atomic E-state index is 6.36. The SMILES string of the molecule is COc1cccc(N2Cc3c(Cl)ccc(Cl)c3C2CN)c1. The third-order valence-electron chi connectivity index (χ3n) is 3.89. The van der Waals surface area contributed by atoms with Crippen molar-refractivity contribution >= 4 is 28.9 Å². The molecule has 0 radical (unpaired) electrons. The summed E-state index contributed by atoms with van der Waals surface area (Å²) in [5.41, 5.74) is 9.13. The van der Waals surface area contributed by atoms with Gasteiger partial charge in [0.1, 0.15) is 5.75 Å². The van der Waals surface area contributed by atoms with Crippen molar-refractivity contribution in [2.45, 2.75) is 12.6 Å². The number of nitrogens with two attached hydrogens (primary N) is 1. The zero-order valence-corrected chi connectivity index (χ0v) is 13.2. The van der Waals surface area contributed by atoms with Gasteiger partial charge in [-0.15, -0.1) is 0 Å². The van der Waals surface area contributed by atoms with Crippen LogP contribution in [0.5, 0.6) is 5.75 Å². The van der Waals surface area contributed by atoms with E-state index >= 15 is 0 Å². The smallest absolute Gasteiger partial charge is 0.120 e. The zero-order chi connectivity index (χ0) is 15.0. The molecule has 0 fully saturated rings. The van der Waals surface area contributed by atoms with Crippen molar-refractivity contribution in [3.8, 4) is 5.75 Å². The first-order chi connectivity index (χ1) is 10.2. The van der Waals surface area contributed by atoms with Crippen LogP contribution < -0.4 is 15.4 Å². The van der Waals surface area contributed by atoms with Gasteiger partial charge in [0.15, 0.2) is 0 Å². The van der Waals surface area contributed by atoms with Crippen LogP contribution in [0.1, 0.15) is 17.2 Å². The minimum absolute atomic E-state index is 0.0262. The molecule has 2 aromatic carbocycles. The average Bonchev–Trinajstić information content (AvgIpc) is 2.92. The molecule has 2 N–H and O–H groups in total. The number of halogens is 2. The molecule has 0 saturated heterocycles. The van der Waals surface area contributed by atoms with Crippen molar-refractivity contribution in [3.63, 3.8) is 0 Å². The standard InChI is InChI=1S/C16H16Cl2N2O/c1-21-11-4-2-3-10(7-11)20-9-12-13(17)5-6-14(18)16(12)15(20)8-19/h2-7,15H,8-9,19H2,1H3. The van der Waals surface area contributed by atoms with Crippen molar-refractivity contribution in [3.05, 3.63) is 57.6 Å². The first kappa shape index (κ1) is 14.5. The highest BCUT2D eigenvalue weighted by atomic mass is 35.5. The topological polar surface area (TPSA) is 38.5 Å². The highest BCUT2D eigenvalue weighted by Crippen LogP contribution is 2.43. The number of anilines is 1. The number of benzene rings is 2. The number of ether oxygens (including phenoxy) is 1. The molecule has 3 rings (SSSR count). The summed E-state index contributed by atoms with van der Waals surface area (Å²) in [5.74, 6) is 0.816. The molecular formula is C16H16Cl2N2O. The maximum absolute atomic E-state index is 6.36. The Bertz CT molecular complexity index is 675. The van der Waals surface area contributed by atoms with Gasteiger partial charge in [0.05, 0.1) is 13.2 Å². The Morgan fingerprint density at radius 2 is 2.00 bits per heavy atom. The second-order valence-corrected chi connectivity index (χ2v) is 5.82. The molecular weight excluding hydrogens is 307 g/mol. The lowest BCUT2D eigenvalue weighted by molar-refractivity contribution is 0.414. The van der Waals surface area contributed by atoms with Crippen LogP contribution in [-0.4, -0.2) is 13.7 Å². The quantitative estimate of drug-likeness (QED) is 0.927. The number of rotatable bonds is 3. The minimum atomic E-state index is 0.0262. The van der Waals surface area contributed by atoms with E-state index in [1.807, 2.05) is 36.4 Å². The molecule has 5 heteroatoms. The van der Waals surface area contributed by atoms with Crippen molar-refractivity contribution in [1.82, 2.24) is 0 Å². The molecule has 0 bridgehead atoms. The molecule has 0 spiro atoms. The lowest BCUT2D eigenvalue weighted by atomic mass is 10.0. The summed E-state index contributed by atoms with van der Waals surface area (Å²) in [5, 5.41) is 1.45. The van der Waals surface area contributed by atoms with Gasteiger partial charge in [-0.1, -0.05) is 29.3 Å². The number of hydrogen-bond donors (Lipinski definition) is 1.